The molecule has 1 aliphatic heterocycles. The van der Waals surface area contributed by atoms with Gasteiger partial charge in [0.05, 0.1) is 0 Å². The molecule has 0 saturated carbocycles. The maximum atomic E-state index is 10.5. The van der Waals surface area contributed by atoms with E-state index in [1.165, 1.54) is 16.8 Å². The molecule has 4 nitrogen and oxygen atoms in total. The van der Waals surface area contributed by atoms with Gasteiger partial charge in [0, 0.05) is 38.4 Å². The predicted molar refractivity (Wildman–Crippen MR) is 126 cm³/mol. The molecule has 0 aromatic heterocycles. The second-order valence-electron chi connectivity index (χ2n) is 7.78. The highest BCUT2D eigenvalue weighted by molar-refractivity contribution is 5.85. The lowest BCUT2D eigenvalue weighted by atomic mass is 10.0. The maximum absolute atomic E-state index is 10.5. The minimum Gasteiger partial charge on any atom is -0.491 e. The lowest BCUT2D eigenvalue weighted by Crippen LogP contribution is -2.49. The van der Waals surface area contributed by atoms with E-state index in [9.17, 15) is 5.11 Å². The van der Waals surface area contributed by atoms with Gasteiger partial charge in [-0.3, -0.25) is 4.90 Å². The molecule has 1 aliphatic rings. The quantitative estimate of drug-likeness (QED) is 0.685. The molecule has 1 heterocycles. The number of ether oxygens (including phenoxy) is 1. The smallest absolute Gasteiger partial charge is 0.123 e. The van der Waals surface area contributed by atoms with Crippen LogP contribution in [0.5, 0.6) is 5.75 Å². The Labute approximate surface area is 187 Å². The SMILES string of the molecule is Cc1ccc(C(C)C)c(OCC(O)CN2CCN(c3ccccc3)CC2)c1.Cl.Cl. The first kappa shape index (κ1) is 25.6. The van der Waals surface area contributed by atoms with Crippen LogP contribution < -0.4 is 9.64 Å². The Morgan fingerprint density at radius 1 is 0.966 bits per heavy atom. The van der Waals surface area contributed by atoms with Crippen LogP contribution in [0, 0.1) is 6.92 Å². The van der Waals surface area contributed by atoms with Crippen LogP contribution in [-0.2, 0) is 0 Å². The largest absolute Gasteiger partial charge is 0.491 e. The lowest BCUT2D eigenvalue weighted by Gasteiger charge is -2.36. The van der Waals surface area contributed by atoms with Gasteiger partial charge in [0.15, 0.2) is 0 Å². The number of nitrogens with zero attached hydrogens (tertiary/aromatic N) is 2. The molecule has 3 rings (SSSR count). The molecule has 1 saturated heterocycles. The van der Waals surface area contributed by atoms with Gasteiger partial charge in [0.1, 0.15) is 18.5 Å². The number of aliphatic hydroxyl groups is 1. The first-order valence-corrected chi connectivity index (χ1v) is 9.96. The summed E-state index contributed by atoms with van der Waals surface area (Å²) < 4.78 is 5.99. The fourth-order valence-electron chi connectivity index (χ4n) is 3.61. The number of benzene rings is 2. The second kappa shape index (κ2) is 12.3. The van der Waals surface area contributed by atoms with Crippen molar-refractivity contribution in [3.05, 3.63) is 59.7 Å². The Morgan fingerprint density at radius 3 is 2.24 bits per heavy atom. The van der Waals surface area contributed by atoms with Crippen molar-refractivity contribution in [3.63, 3.8) is 0 Å². The van der Waals surface area contributed by atoms with Crippen molar-refractivity contribution in [3.8, 4) is 5.75 Å². The number of hydrogen-bond acceptors (Lipinski definition) is 4. The number of halogens is 2. The molecule has 1 N–H and O–H groups in total. The third-order valence-electron chi connectivity index (χ3n) is 5.18. The molecule has 162 valence electrons. The molecule has 0 bridgehead atoms. The molecule has 0 amide bonds. The van der Waals surface area contributed by atoms with E-state index >= 15 is 0 Å². The minimum atomic E-state index is -0.478. The zero-order valence-corrected chi connectivity index (χ0v) is 19.2. The highest BCUT2D eigenvalue weighted by atomic mass is 35.5. The normalized spacial score (nSPS) is 15.4. The minimum absolute atomic E-state index is 0. The number of para-hydroxylation sites is 1. The highest BCUT2D eigenvalue weighted by Crippen LogP contribution is 2.27. The van der Waals surface area contributed by atoms with Gasteiger partial charge in [-0.15, -0.1) is 24.8 Å². The molecule has 6 heteroatoms. The summed E-state index contributed by atoms with van der Waals surface area (Å²) >= 11 is 0. The van der Waals surface area contributed by atoms with Crippen molar-refractivity contribution in [1.82, 2.24) is 4.90 Å². The summed E-state index contributed by atoms with van der Waals surface area (Å²) in [7, 11) is 0. The van der Waals surface area contributed by atoms with E-state index in [0.717, 1.165) is 31.9 Å². The Hall–Kier alpha value is -1.46. The van der Waals surface area contributed by atoms with Crippen molar-refractivity contribution in [2.45, 2.75) is 32.8 Å². The average molecular weight is 441 g/mol. The van der Waals surface area contributed by atoms with Crippen LogP contribution in [0.3, 0.4) is 0 Å². The van der Waals surface area contributed by atoms with Gasteiger partial charge in [-0.25, -0.2) is 0 Å². The Kier molecular flexibility index (Phi) is 10.8. The average Bonchev–Trinajstić information content (AvgIpc) is 2.67. The van der Waals surface area contributed by atoms with Crippen molar-refractivity contribution < 1.29 is 9.84 Å². The van der Waals surface area contributed by atoms with Crippen LogP contribution in [0.15, 0.2) is 48.5 Å². The highest BCUT2D eigenvalue weighted by Gasteiger charge is 2.20. The molecule has 2 aromatic carbocycles. The van der Waals surface area contributed by atoms with Gasteiger partial charge in [0.2, 0.25) is 0 Å². The predicted octanol–water partition coefficient (Wildman–Crippen LogP) is 4.52. The van der Waals surface area contributed by atoms with Crippen molar-refractivity contribution in [1.29, 1.82) is 0 Å². The molecule has 1 atom stereocenters. The van der Waals surface area contributed by atoms with Gasteiger partial charge in [-0.2, -0.15) is 0 Å². The van der Waals surface area contributed by atoms with Gasteiger partial charge in [-0.05, 0) is 42.2 Å². The zero-order chi connectivity index (χ0) is 19.2. The van der Waals surface area contributed by atoms with Crippen LogP contribution in [0.2, 0.25) is 0 Å². The fourth-order valence-corrected chi connectivity index (χ4v) is 3.61. The molecule has 29 heavy (non-hydrogen) atoms. The number of β-amino-alcohol motifs (C(OH)–C–C–N with tert-alkyl or cyclic N) is 1. The summed E-state index contributed by atoms with van der Waals surface area (Å²) in [6.07, 6.45) is -0.478. The lowest BCUT2D eigenvalue weighted by molar-refractivity contribution is 0.0659. The van der Waals surface area contributed by atoms with Gasteiger partial charge in [0.25, 0.3) is 0 Å². The van der Waals surface area contributed by atoms with E-state index in [2.05, 4.69) is 79.1 Å². The van der Waals surface area contributed by atoms with Crippen molar-refractivity contribution in [2.24, 2.45) is 0 Å². The zero-order valence-electron chi connectivity index (χ0n) is 17.6. The Morgan fingerprint density at radius 2 is 1.62 bits per heavy atom. The van der Waals surface area contributed by atoms with Crippen LogP contribution in [0.1, 0.15) is 30.9 Å². The first-order valence-electron chi connectivity index (χ1n) is 9.96. The van der Waals surface area contributed by atoms with E-state index in [0.29, 0.717) is 19.1 Å². The first-order chi connectivity index (χ1) is 13.0. The van der Waals surface area contributed by atoms with E-state index in [-0.39, 0.29) is 24.8 Å². The maximum Gasteiger partial charge on any atom is 0.123 e. The van der Waals surface area contributed by atoms with Gasteiger partial charge >= 0.3 is 0 Å². The molecule has 1 fully saturated rings. The summed E-state index contributed by atoms with van der Waals surface area (Å²) in [5, 5.41) is 10.5. The fraction of sp³-hybridized carbons (Fsp3) is 0.478. The second-order valence-corrected chi connectivity index (χ2v) is 7.78. The van der Waals surface area contributed by atoms with Gasteiger partial charge in [-0.1, -0.05) is 44.2 Å². The Bertz CT molecular complexity index is 720. The molecule has 2 aromatic rings. The van der Waals surface area contributed by atoms with Crippen LogP contribution in [0.25, 0.3) is 0 Å². The van der Waals surface area contributed by atoms with Gasteiger partial charge < -0.3 is 14.7 Å². The molecule has 1 unspecified atom stereocenters. The summed E-state index contributed by atoms with van der Waals surface area (Å²) in [6.45, 7) is 11.3. The third-order valence-corrected chi connectivity index (χ3v) is 5.18. The standard InChI is InChI=1S/C23H32N2O2.2ClH/c1-18(2)22-10-9-19(3)15-23(22)27-17-21(26)16-24-11-13-25(14-12-24)20-7-5-4-6-8-20;;/h4-10,15,18,21,26H,11-14,16-17H2,1-3H3;2*1H. The van der Waals surface area contributed by atoms with Crippen molar-refractivity contribution >= 4 is 30.5 Å². The summed E-state index contributed by atoms with van der Waals surface area (Å²) in [5.74, 6) is 1.31. The topological polar surface area (TPSA) is 35.9 Å². The van der Waals surface area contributed by atoms with Crippen LogP contribution in [0.4, 0.5) is 5.69 Å². The number of anilines is 1. The summed E-state index contributed by atoms with van der Waals surface area (Å²) in [4.78, 5) is 4.73. The summed E-state index contributed by atoms with van der Waals surface area (Å²) in [6, 6.07) is 16.9. The van der Waals surface area contributed by atoms with E-state index in [1.54, 1.807) is 0 Å². The Balaban J connectivity index is 0.00000210. The number of aryl methyl sites for hydroxylation is 1. The number of rotatable bonds is 7. The van der Waals surface area contributed by atoms with E-state index in [4.69, 9.17) is 4.74 Å². The third kappa shape index (κ3) is 7.38. The van der Waals surface area contributed by atoms with E-state index in [1.807, 2.05) is 0 Å². The number of aliphatic hydroxyl groups excluding tert-OH is 1. The van der Waals surface area contributed by atoms with Crippen molar-refractivity contribution in [2.75, 3.05) is 44.2 Å². The molecule has 0 radical (unpaired) electrons. The van der Waals surface area contributed by atoms with Crippen LogP contribution in [-0.4, -0.2) is 55.4 Å². The summed E-state index contributed by atoms with van der Waals surface area (Å²) in [5.41, 5.74) is 3.66. The monoisotopic (exact) mass is 440 g/mol. The number of hydrogen-bond donors (Lipinski definition) is 1. The molecular weight excluding hydrogens is 407 g/mol. The molecule has 0 spiro atoms. The van der Waals surface area contributed by atoms with Crippen LogP contribution >= 0.6 is 24.8 Å². The number of piperazine rings is 1. The molecule has 0 aliphatic carbocycles. The van der Waals surface area contributed by atoms with E-state index < -0.39 is 6.10 Å². The molecular formula is C23H34Cl2N2O2.